The zero-order chi connectivity index (χ0) is 19.3. The number of piperidine rings is 1. The number of benzene rings is 1. The second-order valence-electron chi connectivity index (χ2n) is 7.01. The summed E-state index contributed by atoms with van der Waals surface area (Å²) in [5.74, 6) is 1.13. The first-order chi connectivity index (χ1) is 13.7. The summed E-state index contributed by atoms with van der Waals surface area (Å²) in [7, 11) is 0. The summed E-state index contributed by atoms with van der Waals surface area (Å²) < 4.78 is 5.88. The van der Waals surface area contributed by atoms with Gasteiger partial charge in [0.1, 0.15) is 5.52 Å². The second-order valence-corrected chi connectivity index (χ2v) is 7.96. The summed E-state index contributed by atoms with van der Waals surface area (Å²) in [6.07, 6.45) is 2.85. The van der Waals surface area contributed by atoms with Crippen LogP contribution in [0.2, 0.25) is 0 Å². The van der Waals surface area contributed by atoms with Crippen LogP contribution in [0.15, 0.2) is 46.2 Å². The number of carbonyl (C=O) groups is 2. The van der Waals surface area contributed by atoms with Gasteiger partial charge in [0.2, 0.25) is 5.91 Å². The maximum Gasteiger partial charge on any atom is 0.261 e. The Morgan fingerprint density at radius 2 is 2.00 bits per heavy atom. The predicted octanol–water partition coefficient (Wildman–Crippen LogP) is 3.81. The highest BCUT2D eigenvalue weighted by Gasteiger charge is 2.26. The van der Waals surface area contributed by atoms with Crippen molar-refractivity contribution in [2.75, 3.05) is 19.6 Å². The van der Waals surface area contributed by atoms with Crippen LogP contribution in [-0.4, -0.2) is 41.3 Å². The summed E-state index contributed by atoms with van der Waals surface area (Å²) in [4.78, 5) is 31.5. The number of oxazole rings is 1. The van der Waals surface area contributed by atoms with E-state index < -0.39 is 0 Å². The van der Waals surface area contributed by atoms with Crippen LogP contribution < -0.4 is 5.32 Å². The van der Waals surface area contributed by atoms with E-state index in [0.717, 1.165) is 42.9 Å². The first-order valence-corrected chi connectivity index (χ1v) is 10.5. The van der Waals surface area contributed by atoms with E-state index in [0.29, 0.717) is 24.3 Å². The first kappa shape index (κ1) is 18.7. The molecule has 2 aromatic heterocycles. The Kier molecular flexibility index (Phi) is 5.71. The van der Waals surface area contributed by atoms with Crippen LogP contribution in [-0.2, 0) is 4.79 Å². The van der Waals surface area contributed by atoms with Gasteiger partial charge in [-0.25, -0.2) is 4.98 Å². The molecule has 1 saturated heterocycles. The molecule has 1 aliphatic rings. The van der Waals surface area contributed by atoms with Gasteiger partial charge in [-0.05, 0) is 42.8 Å². The lowest BCUT2D eigenvalue weighted by molar-refractivity contribution is -0.132. The Hall–Kier alpha value is -2.67. The molecule has 1 aliphatic heterocycles. The minimum Gasteiger partial charge on any atom is -0.440 e. The number of hydrogen-bond acceptors (Lipinski definition) is 5. The zero-order valence-corrected chi connectivity index (χ0v) is 16.4. The number of carbonyl (C=O) groups excluding carboxylic acids is 2. The zero-order valence-electron chi connectivity index (χ0n) is 15.6. The van der Waals surface area contributed by atoms with Gasteiger partial charge in [-0.2, -0.15) is 0 Å². The molecule has 0 aliphatic carbocycles. The first-order valence-electron chi connectivity index (χ1n) is 9.65. The fourth-order valence-corrected chi connectivity index (χ4v) is 4.18. The van der Waals surface area contributed by atoms with E-state index in [1.54, 1.807) is 6.07 Å². The van der Waals surface area contributed by atoms with Crippen molar-refractivity contribution in [2.45, 2.75) is 31.6 Å². The lowest BCUT2D eigenvalue weighted by Gasteiger charge is -2.30. The van der Waals surface area contributed by atoms with E-state index in [4.69, 9.17) is 4.42 Å². The molecule has 0 bridgehead atoms. The third-order valence-corrected chi connectivity index (χ3v) is 5.97. The Balaban J connectivity index is 1.20. The van der Waals surface area contributed by atoms with E-state index in [-0.39, 0.29) is 17.7 Å². The van der Waals surface area contributed by atoms with Gasteiger partial charge in [0.05, 0.1) is 4.88 Å². The molecule has 2 amide bonds. The van der Waals surface area contributed by atoms with E-state index >= 15 is 0 Å². The average Bonchev–Trinajstić information content (AvgIpc) is 3.41. The molecule has 0 saturated carbocycles. The smallest absolute Gasteiger partial charge is 0.261 e. The summed E-state index contributed by atoms with van der Waals surface area (Å²) >= 11 is 1.42. The molecule has 0 atom stereocenters. The maximum atomic E-state index is 12.4. The highest BCUT2D eigenvalue weighted by molar-refractivity contribution is 7.12. The molecule has 1 aromatic carbocycles. The van der Waals surface area contributed by atoms with Crippen LogP contribution in [0.3, 0.4) is 0 Å². The second kappa shape index (κ2) is 8.56. The number of fused-ring (bicyclic) bond motifs is 1. The summed E-state index contributed by atoms with van der Waals surface area (Å²) in [5.41, 5.74) is 1.71. The van der Waals surface area contributed by atoms with Crippen molar-refractivity contribution in [1.29, 1.82) is 0 Å². The summed E-state index contributed by atoms with van der Waals surface area (Å²) in [6, 6.07) is 11.4. The maximum absolute atomic E-state index is 12.4. The van der Waals surface area contributed by atoms with Crippen molar-refractivity contribution in [3.05, 3.63) is 52.5 Å². The SMILES string of the molecule is O=C(NCCCC(=O)N1CCC(c2nc3ccccc3o2)CC1)c1cccs1. The number of aromatic nitrogens is 1. The van der Waals surface area contributed by atoms with E-state index in [2.05, 4.69) is 10.3 Å². The quantitative estimate of drug-likeness (QED) is 0.642. The van der Waals surface area contributed by atoms with E-state index in [9.17, 15) is 9.59 Å². The molecule has 3 heterocycles. The highest BCUT2D eigenvalue weighted by Crippen LogP contribution is 2.30. The van der Waals surface area contributed by atoms with Crippen molar-refractivity contribution in [3.8, 4) is 0 Å². The average molecular weight is 398 g/mol. The van der Waals surface area contributed by atoms with Gasteiger partial charge in [-0.1, -0.05) is 18.2 Å². The normalized spacial score (nSPS) is 15.1. The van der Waals surface area contributed by atoms with Crippen molar-refractivity contribution in [3.63, 3.8) is 0 Å². The van der Waals surface area contributed by atoms with Crippen LogP contribution in [0, 0.1) is 0 Å². The number of nitrogens with zero attached hydrogens (tertiary/aromatic N) is 2. The minimum atomic E-state index is -0.0680. The molecule has 1 N–H and O–H groups in total. The van der Waals surface area contributed by atoms with Crippen LogP contribution in [0.25, 0.3) is 11.1 Å². The van der Waals surface area contributed by atoms with Crippen LogP contribution in [0.4, 0.5) is 0 Å². The lowest BCUT2D eigenvalue weighted by atomic mass is 9.96. The topological polar surface area (TPSA) is 75.4 Å². The highest BCUT2D eigenvalue weighted by atomic mass is 32.1. The van der Waals surface area contributed by atoms with Crippen molar-refractivity contribution >= 4 is 34.3 Å². The number of nitrogens with one attached hydrogen (secondary N) is 1. The number of thiophene rings is 1. The molecular weight excluding hydrogens is 374 g/mol. The fourth-order valence-electron chi connectivity index (χ4n) is 3.54. The Morgan fingerprint density at radius 1 is 1.18 bits per heavy atom. The van der Waals surface area contributed by atoms with Gasteiger partial charge >= 0.3 is 0 Å². The van der Waals surface area contributed by atoms with Gasteiger partial charge in [0.15, 0.2) is 11.5 Å². The van der Waals surface area contributed by atoms with Crippen molar-refractivity contribution < 1.29 is 14.0 Å². The summed E-state index contributed by atoms with van der Waals surface area (Å²) in [5, 5.41) is 4.74. The van der Waals surface area contributed by atoms with Gasteiger partial charge in [0, 0.05) is 32.0 Å². The molecule has 0 radical (unpaired) electrons. The molecule has 3 aromatic rings. The minimum absolute atomic E-state index is 0.0680. The van der Waals surface area contributed by atoms with E-state index in [1.165, 1.54) is 11.3 Å². The Bertz CT molecular complexity index is 910. The number of hydrogen-bond donors (Lipinski definition) is 1. The lowest BCUT2D eigenvalue weighted by Crippen LogP contribution is -2.38. The molecule has 146 valence electrons. The molecule has 0 spiro atoms. The molecule has 6 nitrogen and oxygen atoms in total. The van der Waals surface area contributed by atoms with Gasteiger partial charge in [-0.15, -0.1) is 11.3 Å². The molecule has 28 heavy (non-hydrogen) atoms. The Morgan fingerprint density at radius 3 is 2.75 bits per heavy atom. The summed E-state index contributed by atoms with van der Waals surface area (Å²) in [6.45, 7) is 1.97. The van der Waals surface area contributed by atoms with Crippen LogP contribution in [0.1, 0.15) is 47.2 Å². The number of amides is 2. The fraction of sp³-hybridized carbons (Fsp3) is 0.381. The Labute approximate surface area is 167 Å². The number of para-hydroxylation sites is 2. The number of likely N-dealkylation sites (tertiary alicyclic amines) is 1. The van der Waals surface area contributed by atoms with E-state index in [1.807, 2.05) is 40.6 Å². The van der Waals surface area contributed by atoms with Crippen molar-refractivity contribution in [2.24, 2.45) is 0 Å². The van der Waals surface area contributed by atoms with Crippen LogP contribution >= 0.6 is 11.3 Å². The van der Waals surface area contributed by atoms with Gasteiger partial charge in [0.25, 0.3) is 5.91 Å². The largest absolute Gasteiger partial charge is 0.440 e. The van der Waals surface area contributed by atoms with Crippen LogP contribution in [0.5, 0.6) is 0 Å². The molecule has 4 rings (SSSR count). The third-order valence-electron chi connectivity index (χ3n) is 5.11. The molecule has 7 heteroatoms. The van der Waals surface area contributed by atoms with Gasteiger partial charge in [-0.3, -0.25) is 9.59 Å². The van der Waals surface area contributed by atoms with Gasteiger partial charge < -0.3 is 14.6 Å². The standard InChI is InChI=1S/C21H23N3O3S/c25-19(8-3-11-22-20(26)18-7-4-14-28-18)24-12-9-15(10-13-24)21-23-16-5-1-2-6-17(16)27-21/h1-2,4-7,14-15H,3,8-13H2,(H,22,26). The predicted molar refractivity (Wildman–Crippen MR) is 108 cm³/mol. The number of rotatable bonds is 6. The molecule has 1 fully saturated rings. The third kappa shape index (κ3) is 4.25. The molecular formula is C21H23N3O3S. The molecule has 0 unspecified atom stereocenters. The monoisotopic (exact) mass is 397 g/mol. The van der Waals surface area contributed by atoms with Crippen molar-refractivity contribution in [1.82, 2.24) is 15.2 Å².